The molecule has 1 amide bonds. The summed E-state index contributed by atoms with van der Waals surface area (Å²) in [6.45, 7) is -0.338. The molecule has 0 aliphatic heterocycles. The van der Waals surface area contributed by atoms with Gasteiger partial charge in [-0.25, -0.2) is 4.39 Å². The number of benzene rings is 3. The minimum atomic E-state index is -0.534. The number of nitrogens with zero attached hydrogens (tertiary/aromatic N) is 1. The van der Waals surface area contributed by atoms with Crippen molar-refractivity contribution in [1.29, 1.82) is 5.26 Å². The highest BCUT2D eigenvalue weighted by Crippen LogP contribution is 2.28. The second-order valence-electron chi connectivity index (χ2n) is 6.19. The topological polar surface area (TPSA) is 62.1 Å². The Morgan fingerprint density at radius 3 is 2.60 bits per heavy atom. The summed E-state index contributed by atoms with van der Waals surface area (Å²) < 4.78 is 19.0. The Kier molecular flexibility index (Phi) is 7.08. The molecule has 0 heterocycles. The predicted octanol–water partition coefficient (Wildman–Crippen LogP) is 6.21. The van der Waals surface area contributed by atoms with E-state index in [4.69, 9.17) is 27.9 Å². The number of hydrogen-bond acceptors (Lipinski definition) is 3. The highest BCUT2D eigenvalue weighted by molar-refractivity contribution is 6.32. The molecule has 0 aliphatic carbocycles. The maximum Gasteiger partial charge on any atom is 0.262 e. The van der Waals surface area contributed by atoms with E-state index >= 15 is 0 Å². The number of allylic oxidation sites excluding steroid dienone is 1. The first-order valence-electron chi connectivity index (χ1n) is 8.81. The normalized spacial score (nSPS) is 10.9. The molecule has 30 heavy (non-hydrogen) atoms. The van der Waals surface area contributed by atoms with Crippen molar-refractivity contribution in [3.63, 3.8) is 0 Å². The number of nitrogens with one attached hydrogen (secondary N) is 1. The molecule has 3 aromatic rings. The third-order valence-electron chi connectivity index (χ3n) is 4.03. The van der Waals surface area contributed by atoms with Gasteiger partial charge < -0.3 is 10.1 Å². The first-order valence-corrected chi connectivity index (χ1v) is 9.56. The van der Waals surface area contributed by atoms with Gasteiger partial charge in [0.15, 0.2) is 6.61 Å². The molecule has 3 aromatic carbocycles. The van der Waals surface area contributed by atoms with Crippen molar-refractivity contribution in [2.45, 2.75) is 0 Å². The minimum absolute atomic E-state index is 0.0720. The highest BCUT2D eigenvalue weighted by atomic mass is 35.5. The Balaban J connectivity index is 1.68. The van der Waals surface area contributed by atoms with E-state index < -0.39 is 11.7 Å². The zero-order valence-corrected chi connectivity index (χ0v) is 17.0. The molecule has 0 bridgehead atoms. The smallest absolute Gasteiger partial charge is 0.262 e. The average Bonchev–Trinajstić information content (AvgIpc) is 2.73. The van der Waals surface area contributed by atoms with Gasteiger partial charge in [-0.2, -0.15) is 5.26 Å². The van der Waals surface area contributed by atoms with Crippen LogP contribution in [0.1, 0.15) is 11.1 Å². The number of carbonyl (C=O) groups is 1. The lowest BCUT2D eigenvalue weighted by atomic mass is 10.0. The number of ether oxygens (including phenoxy) is 1. The van der Waals surface area contributed by atoms with Crippen molar-refractivity contribution < 1.29 is 13.9 Å². The van der Waals surface area contributed by atoms with E-state index in [2.05, 4.69) is 11.4 Å². The first kappa shape index (κ1) is 21.4. The fourth-order valence-corrected chi connectivity index (χ4v) is 3.05. The Morgan fingerprint density at radius 2 is 1.90 bits per heavy atom. The summed E-state index contributed by atoms with van der Waals surface area (Å²) in [5.74, 6) is -0.764. The van der Waals surface area contributed by atoms with Crippen molar-refractivity contribution in [2.24, 2.45) is 0 Å². The molecule has 7 heteroatoms. The van der Waals surface area contributed by atoms with E-state index in [1.807, 2.05) is 0 Å². The number of anilines is 1. The van der Waals surface area contributed by atoms with Gasteiger partial charge in [-0.15, -0.1) is 0 Å². The summed E-state index contributed by atoms with van der Waals surface area (Å²) in [5, 5.41) is 12.7. The van der Waals surface area contributed by atoms with Crippen molar-refractivity contribution in [1.82, 2.24) is 0 Å². The van der Waals surface area contributed by atoms with Crippen LogP contribution in [0.25, 0.3) is 11.6 Å². The summed E-state index contributed by atoms with van der Waals surface area (Å²) in [5.41, 5.74) is 1.86. The number of hydrogen-bond donors (Lipinski definition) is 1. The van der Waals surface area contributed by atoms with Crippen LogP contribution in [0.2, 0.25) is 10.0 Å². The Hall–Kier alpha value is -3.33. The van der Waals surface area contributed by atoms with Gasteiger partial charge in [0.2, 0.25) is 0 Å². The summed E-state index contributed by atoms with van der Waals surface area (Å²) in [6.07, 6.45) is 1.67. The number of amides is 1. The molecule has 0 saturated heterocycles. The number of halogens is 3. The largest absolute Gasteiger partial charge is 0.482 e. The van der Waals surface area contributed by atoms with Crippen LogP contribution in [0.4, 0.5) is 10.1 Å². The van der Waals surface area contributed by atoms with E-state index in [0.29, 0.717) is 27.5 Å². The summed E-state index contributed by atoms with van der Waals surface area (Å²) in [6, 6.07) is 19.9. The quantitative estimate of drug-likeness (QED) is 0.365. The molecule has 0 unspecified atom stereocenters. The third kappa shape index (κ3) is 5.60. The van der Waals surface area contributed by atoms with Crippen LogP contribution in [0, 0.1) is 17.1 Å². The molecule has 0 saturated carbocycles. The van der Waals surface area contributed by atoms with Crippen LogP contribution in [0.3, 0.4) is 0 Å². The second-order valence-corrected chi connectivity index (χ2v) is 7.03. The fourth-order valence-electron chi connectivity index (χ4n) is 2.62. The van der Waals surface area contributed by atoms with Gasteiger partial charge in [-0.1, -0.05) is 53.5 Å². The fraction of sp³-hybridized carbons (Fsp3) is 0.0435. The van der Waals surface area contributed by atoms with Gasteiger partial charge in [0, 0.05) is 5.02 Å². The lowest BCUT2D eigenvalue weighted by Crippen LogP contribution is -2.20. The van der Waals surface area contributed by atoms with E-state index in [-0.39, 0.29) is 17.3 Å². The predicted molar refractivity (Wildman–Crippen MR) is 117 cm³/mol. The van der Waals surface area contributed by atoms with Gasteiger partial charge >= 0.3 is 0 Å². The summed E-state index contributed by atoms with van der Waals surface area (Å²) >= 11 is 12.2. The lowest BCUT2D eigenvalue weighted by molar-refractivity contribution is -0.118. The van der Waals surface area contributed by atoms with Crippen LogP contribution >= 0.6 is 23.2 Å². The van der Waals surface area contributed by atoms with E-state index in [1.54, 1.807) is 54.6 Å². The van der Waals surface area contributed by atoms with Crippen LogP contribution < -0.4 is 10.1 Å². The van der Waals surface area contributed by atoms with Gasteiger partial charge in [0.1, 0.15) is 11.6 Å². The maximum atomic E-state index is 13.6. The maximum absolute atomic E-state index is 13.6. The van der Waals surface area contributed by atoms with Crippen molar-refractivity contribution in [3.05, 3.63) is 93.7 Å². The Bertz CT molecular complexity index is 1160. The average molecular weight is 441 g/mol. The van der Waals surface area contributed by atoms with Gasteiger partial charge in [-0.3, -0.25) is 4.79 Å². The molecule has 0 radical (unpaired) electrons. The number of rotatable bonds is 6. The zero-order valence-electron chi connectivity index (χ0n) is 15.5. The second kappa shape index (κ2) is 9.93. The SMILES string of the molecule is N#CC(=Cc1ccc(OCC(=O)Nc2ccccc2F)c(Cl)c1)c1cccc(Cl)c1. The summed E-state index contributed by atoms with van der Waals surface area (Å²) in [7, 11) is 0. The van der Waals surface area contributed by atoms with Gasteiger partial charge in [-0.05, 0) is 53.6 Å². The third-order valence-corrected chi connectivity index (χ3v) is 4.56. The molecular weight excluding hydrogens is 426 g/mol. The molecule has 0 aliphatic rings. The zero-order chi connectivity index (χ0) is 21.5. The Morgan fingerprint density at radius 1 is 1.10 bits per heavy atom. The van der Waals surface area contributed by atoms with E-state index in [9.17, 15) is 14.4 Å². The molecule has 0 aromatic heterocycles. The van der Waals surface area contributed by atoms with Gasteiger partial charge in [0.05, 0.1) is 22.4 Å². The minimum Gasteiger partial charge on any atom is -0.482 e. The Labute approximate surface area is 183 Å². The lowest BCUT2D eigenvalue weighted by Gasteiger charge is -2.10. The van der Waals surface area contributed by atoms with Crippen molar-refractivity contribution in [3.8, 4) is 11.8 Å². The molecule has 0 atom stereocenters. The van der Waals surface area contributed by atoms with E-state index in [1.165, 1.54) is 18.2 Å². The molecule has 0 fully saturated rings. The molecule has 150 valence electrons. The molecule has 0 spiro atoms. The monoisotopic (exact) mass is 440 g/mol. The van der Waals surface area contributed by atoms with Crippen LogP contribution in [-0.4, -0.2) is 12.5 Å². The highest BCUT2D eigenvalue weighted by Gasteiger charge is 2.10. The van der Waals surface area contributed by atoms with Crippen LogP contribution in [-0.2, 0) is 4.79 Å². The van der Waals surface area contributed by atoms with Crippen molar-refractivity contribution >= 4 is 46.4 Å². The molecular formula is C23H15Cl2FN2O2. The standard InChI is InChI=1S/C23H15Cl2FN2O2/c24-18-5-3-4-16(12-18)17(13-27)10-15-8-9-22(19(25)11-15)30-14-23(29)28-21-7-2-1-6-20(21)26/h1-12H,14H2,(H,28,29). The molecule has 4 nitrogen and oxygen atoms in total. The number of carbonyl (C=O) groups excluding carboxylic acids is 1. The number of para-hydroxylation sites is 1. The molecule has 1 N–H and O–H groups in total. The molecule has 3 rings (SSSR count). The van der Waals surface area contributed by atoms with Crippen LogP contribution in [0.15, 0.2) is 66.7 Å². The van der Waals surface area contributed by atoms with Gasteiger partial charge in [0.25, 0.3) is 5.91 Å². The first-order chi connectivity index (χ1) is 14.5. The summed E-state index contributed by atoms with van der Waals surface area (Å²) in [4.78, 5) is 12.0. The van der Waals surface area contributed by atoms with E-state index in [0.717, 1.165) is 0 Å². The number of nitriles is 1. The van der Waals surface area contributed by atoms with Crippen LogP contribution in [0.5, 0.6) is 5.75 Å². The van der Waals surface area contributed by atoms with Crippen molar-refractivity contribution in [2.75, 3.05) is 11.9 Å².